The summed E-state index contributed by atoms with van der Waals surface area (Å²) in [6, 6.07) is 9.59. The number of anilines is 1. The summed E-state index contributed by atoms with van der Waals surface area (Å²) >= 11 is 0. The molecule has 1 atom stereocenters. The van der Waals surface area contributed by atoms with Gasteiger partial charge in [-0.1, -0.05) is 19.3 Å². The van der Waals surface area contributed by atoms with E-state index < -0.39 is 0 Å². The van der Waals surface area contributed by atoms with Gasteiger partial charge in [-0.15, -0.1) is 0 Å². The molecule has 1 spiro atoms. The van der Waals surface area contributed by atoms with Crippen LogP contribution in [-0.4, -0.2) is 42.5 Å². The first-order valence-electron chi connectivity index (χ1n) is 9.95. The molecule has 0 aromatic heterocycles. The van der Waals surface area contributed by atoms with E-state index in [1.807, 2.05) is 21.9 Å². The van der Waals surface area contributed by atoms with Crippen LogP contribution in [-0.2, 0) is 4.79 Å². The van der Waals surface area contributed by atoms with Crippen molar-refractivity contribution < 1.29 is 9.59 Å². The molecule has 2 heterocycles. The van der Waals surface area contributed by atoms with Gasteiger partial charge in [-0.3, -0.25) is 4.79 Å². The average Bonchev–Trinajstić information content (AvgIpc) is 3.25. The van der Waals surface area contributed by atoms with Crippen molar-refractivity contribution in [1.82, 2.24) is 10.2 Å². The van der Waals surface area contributed by atoms with Crippen molar-refractivity contribution >= 4 is 17.6 Å². The molecule has 1 saturated carbocycles. The zero-order valence-corrected chi connectivity index (χ0v) is 15.6. The number of rotatable bonds is 2. The van der Waals surface area contributed by atoms with Gasteiger partial charge >= 0.3 is 6.03 Å². The number of benzene rings is 1. The number of nitrogens with zero attached hydrogens (tertiary/aromatic N) is 3. The summed E-state index contributed by atoms with van der Waals surface area (Å²) in [6.45, 7) is 2.00. The van der Waals surface area contributed by atoms with Crippen LogP contribution in [0.25, 0.3) is 0 Å². The fourth-order valence-electron chi connectivity index (χ4n) is 4.74. The number of nitrogens with one attached hydrogen (secondary N) is 1. The molecule has 1 aliphatic carbocycles. The lowest BCUT2D eigenvalue weighted by atomic mass is 9.86. The van der Waals surface area contributed by atoms with E-state index >= 15 is 0 Å². The first-order chi connectivity index (χ1) is 13.1. The normalized spacial score (nSPS) is 25.8. The maximum atomic E-state index is 12.6. The highest BCUT2D eigenvalue weighted by Crippen LogP contribution is 2.41. The van der Waals surface area contributed by atoms with Crippen LogP contribution in [0.1, 0.15) is 50.5 Å². The van der Waals surface area contributed by atoms with Gasteiger partial charge in [-0.05, 0) is 43.5 Å². The summed E-state index contributed by atoms with van der Waals surface area (Å²) in [5.74, 6) is 0.106. The monoisotopic (exact) mass is 366 g/mol. The van der Waals surface area contributed by atoms with Gasteiger partial charge in [-0.25, -0.2) is 4.79 Å². The summed E-state index contributed by atoms with van der Waals surface area (Å²) in [7, 11) is 0. The molecule has 6 nitrogen and oxygen atoms in total. The number of carbonyl (C=O) groups excluding carboxylic acids is 2. The second-order valence-corrected chi connectivity index (χ2v) is 8.27. The van der Waals surface area contributed by atoms with Gasteiger partial charge in [0.1, 0.15) is 0 Å². The molecule has 2 saturated heterocycles. The zero-order valence-electron chi connectivity index (χ0n) is 15.6. The van der Waals surface area contributed by atoms with Crippen LogP contribution < -0.4 is 10.2 Å². The fraction of sp³-hybridized carbons (Fsp3) is 0.571. The van der Waals surface area contributed by atoms with Crippen molar-refractivity contribution in [2.45, 2.75) is 51.0 Å². The van der Waals surface area contributed by atoms with Crippen molar-refractivity contribution in [1.29, 1.82) is 5.26 Å². The summed E-state index contributed by atoms with van der Waals surface area (Å²) in [6.07, 6.45) is 7.17. The first-order valence-corrected chi connectivity index (χ1v) is 9.95. The Bertz CT molecular complexity index is 763. The van der Waals surface area contributed by atoms with Crippen LogP contribution in [0.2, 0.25) is 0 Å². The van der Waals surface area contributed by atoms with Crippen LogP contribution >= 0.6 is 0 Å². The maximum Gasteiger partial charge on any atom is 0.317 e. The molecule has 3 aliphatic rings. The predicted molar refractivity (Wildman–Crippen MR) is 102 cm³/mol. The standard InChI is InChI=1S/C21H26N4O2/c22-13-16-6-8-18(9-7-16)25-15-21(12-19(25)26)10-11-24(14-21)20(27)23-17-4-2-1-3-5-17/h6-9,17H,1-5,10-12,14-15H2,(H,23,27). The first kappa shape index (κ1) is 17.8. The fourth-order valence-corrected chi connectivity index (χ4v) is 4.74. The smallest absolute Gasteiger partial charge is 0.317 e. The molecule has 1 aromatic rings. The zero-order chi connectivity index (χ0) is 18.9. The average molecular weight is 366 g/mol. The van der Waals surface area contributed by atoms with Gasteiger partial charge in [0.15, 0.2) is 0 Å². The van der Waals surface area contributed by atoms with Crippen molar-refractivity contribution in [2.75, 3.05) is 24.5 Å². The van der Waals surface area contributed by atoms with Gasteiger partial charge in [-0.2, -0.15) is 5.26 Å². The molecule has 1 unspecified atom stereocenters. The lowest BCUT2D eigenvalue weighted by Gasteiger charge is -2.27. The molecule has 6 heteroatoms. The second-order valence-electron chi connectivity index (χ2n) is 8.27. The molecule has 0 radical (unpaired) electrons. The molecule has 142 valence electrons. The third kappa shape index (κ3) is 3.64. The van der Waals surface area contributed by atoms with E-state index in [1.54, 1.807) is 12.1 Å². The van der Waals surface area contributed by atoms with Gasteiger partial charge in [0.05, 0.1) is 11.6 Å². The predicted octanol–water partition coefficient (Wildman–Crippen LogP) is 3.03. The molecule has 3 amide bonds. The van der Waals surface area contributed by atoms with E-state index in [2.05, 4.69) is 11.4 Å². The highest BCUT2D eigenvalue weighted by Gasteiger charge is 2.48. The van der Waals surface area contributed by atoms with Crippen LogP contribution in [0, 0.1) is 16.7 Å². The Morgan fingerprint density at radius 1 is 1.15 bits per heavy atom. The summed E-state index contributed by atoms with van der Waals surface area (Å²) in [5, 5.41) is 12.1. The Labute approximate surface area is 160 Å². The van der Waals surface area contributed by atoms with Crippen LogP contribution in [0.15, 0.2) is 24.3 Å². The lowest BCUT2D eigenvalue weighted by Crippen LogP contribution is -2.45. The number of likely N-dealkylation sites (tertiary alicyclic amines) is 1. The minimum atomic E-state index is -0.144. The van der Waals surface area contributed by atoms with Gasteiger partial charge in [0.2, 0.25) is 5.91 Å². The second kappa shape index (κ2) is 7.22. The van der Waals surface area contributed by atoms with Crippen LogP contribution in [0.3, 0.4) is 0 Å². The van der Waals surface area contributed by atoms with Crippen molar-refractivity contribution in [3.05, 3.63) is 29.8 Å². The van der Waals surface area contributed by atoms with Crippen LogP contribution in [0.4, 0.5) is 10.5 Å². The molecule has 3 fully saturated rings. The minimum absolute atomic E-state index is 0.0306. The Balaban J connectivity index is 1.39. The third-order valence-corrected chi connectivity index (χ3v) is 6.29. The molecular formula is C21H26N4O2. The van der Waals surface area contributed by atoms with E-state index in [0.717, 1.165) is 24.9 Å². The van der Waals surface area contributed by atoms with Crippen molar-refractivity contribution in [3.8, 4) is 6.07 Å². The largest absolute Gasteiger partial charge is 0.335 e. The summed E-state index contributed by atoms with van der Waals surface area (Å²) in [4.78, 5) is 29.0. The number of urea groups is 1. The molecule has 2 aliphatic heterocycles. The lowest BCUT2D eigenvalue weighted by molar-refractivity contribution is -0.117. The molecular weight excluding hydrogens is 340 g/mol. The van der Waals surface area contributed by atoms with E-state index in [0.29, 0.717) is 37.7 Å². The Hall–Kier alpha value is -2.55. The number of amides is 3. The molecule has 1 aromatic carbocycles. The van der Waals surface area contributed by atoms with Crippen molar-refractivity contribution in [3.63, 3.8) is 0 Å². The number of nitriles is 1. The molecule has 4 rings (SSSR count). The van der Waals surface area contributed by atoms with E-state index in [1.165, 1.54) is 19.3 Å². The Morgan fingerprint density at radius 3 is 2.59 bits per heavy atom. The topological polar surface area (TPSA) is 76.4 Å². The van der Waals surface area contributed by atoms with Gasteiger partial charge < -0.3 is 15.1 Å². The van der Waals surface area contributed by atoms with Crippen LogP contribution in [0.5, 0.6) is 0 Å². The van der Waals surface area contributed by atoms with E-state index in [9.17, 15) is 9.59 Å². The molecule has 27 heavy (non-hydrogen) atoms. The van der Waals surface area contributed by atoms with E-state index in [-0.39, 0.29) is 17.4 Å². The summed E-state index contributed by atoms with van der Waals surface area (Å²) < 4.78 is 0. The number of hydrogen-bond acceptors (Lipinski definition) is 3. The maximum absolute atomic E-state index is 12.6. The van der Waals surface area contributed by atoms with E-state index in [4.69, 9.17) is 5.26 Å². The highest BCUT2D eigenvalue weighted by atomic mass is 16.2. The number of hydrogen-bond donors (Lipinski definition) is 1. The Kier molecular flexibility index (Phi) is 4.77. The van der Waals surface area contributed by atoms with Crippen molar-refractivity contribution in [2.24, 2.45) is 5.41 Å². The number of carbonyl (C=O) groups is 2. The Morgan fingerprint density at radius 2 is 1.89 bits per heavy atom. The minimum Gasteiger partial charge on any atom is -0.335 e. The SMILES string of the molecule is N#Cc1ccc(N2CC3(CCN(C(=O)NC4CCCCC4)C3)CC2=O)cc1. The third-order valence-electron chi connectivity index (χ3n) is 6.29. The summed E-state index contributed by atoms with van der Waals surface area (Å²) in [5.41, 5.74) is 1.28. The highest BCUT2D eigenvalue weighted by molar-refractivity contribution is 5.96. The van der Waals surface area contributed by atoms with Gasteiger partial charge in [0, 0.05) is 43.2 Å². The molecule has 0 bridgehead atoms. The van der Waals surface area contributed by atoms with Gasteiger partial charge in [0.25, 0.3) is 0 Å². The molecule has 1 N–H and O–H groups in total. The quantitative estimate of drug-likeness (QED) is 0.874.